The summed E-state index contributed by atoms with van der Waals surface area (Å²) < 4.78 is 89.6. The molecule has 1 heterocycles. The third-order valence-electron chi connectivity index (χ3n) is 6.98. The monoisotopic (exact) mass is 478 g/mol. The van der Waals surface area contributed by atoms with Crippen molar-refractivity contribution in [2.24, 2.45) is 11.8 Å². The average Bonchev–Trinajstić information content (AvgIpc) is 2.72. The van der Waals surface area contributed by atoms with Crippen LogP contribution < -0.4 is 0 Å². The molecule has 2 aliphatic rings. The van der Waals surface area contributed by atoms with Crippen LogP contribution in [0.3, 0.4) is 0 Å². The molecule has 0 radical (unpaired) electrons. The van der Waals surface area contributed by atoms with Gasteiger partial charge >= 0.3 is 12.5 Å². The third-order valence-corrected chi connectivity index (χ3v) is 6.98. The van der Waals surface area contributed by atoms with Gasteiger partial charge in [0.15, 0.2) is 0 Å². The minimum Gasteiger partial charge on any atom is -0.378 e. The Morgan fingerprint density at radius 1 is 1.06 bits per heavy atom. The molecular weight excluding hydrogens is 446 g/mol. The summed E-state index contributed by atoms with van der Waals surface area (Å²) in [6.45, 7) is 7.88. The van der Waals surface area contributed by atoms with Gasteiger partial charge in [0.2, 0.25) is 0 Å². The van der Waals surface area contributed by atoms with E-state index in [9.17, 15) is 26.3 Å². The van der Waals surface area contributed by atoms with E-state index in [1.54, 1.807) is 0 Å². The summed E-state index contributed by atoms with van der Waals surface area (Å²) in [5.74, 6) is -0.432. The number of ether oxygens (including phenoxy) is 2. The van der Waals surface area contributed by atoms with Gasteiger partial charge in [-0.15, -0.1) is 13.2 Å². The number of rotatable bonds is 7. The van der Waals surface area contributed by atoms with Crippen molar-refractivity contribution in [2.75, 3.05) is 6.61 Å². The van der Waals surface area contributed by atoms with Gasteiger partial charge in [-0.25, -0.2) is 9.13 Å². The summed E-state index contributed by atoms with van der Waals surface area (Å²) in [5, 5.41) is 0. The molecule has 186 valence electrons. The number of hydrogen-bond donors (Lipinski definition) is 0. The minimum absolute atomic E-state index is 0.0436. The smallest absolute Gasteiger partial charge is 0.378 e. The Morgan fingerprint density at radius 3 is 2.24 bits per heavy atom. The molecule has 2 unspecified atom stereocenters. The lowest BCUT2D eigenvalue weighted by atomic mass is 9.74. The molecule has 33 heavy (non-hydrogen) atoms. The molecule has 1 aromatic rings. The maximum absolute atomic E-state index is 14.8. The van der Waals surface area contributed by atoms with Crippen LogP contribution in [0.2, 0.25) is 0 Å². The van der Waals surface area contributed by atoms with E-state index in [0.717, 1.165) is 51.2 Å². The highest BCUT2D eigenvalue weighted by atomic mass is 19.4. The first-order chi connectivity index (χ1) is 15.4. The van der Waals surface area contributed by atoms with Crippen molar-refractivity contribution in [3.63, 3.8) is 0 Å². The second-order valence-corrected chi connectivity index (χ2v) is 9.49. The van der Waals surface area contributed by atoms with E-state index < -0.39 is 23.9 Å². The van der Waals surface area contributed by atoms with E-state index in [1.807, 2.05) is 0 Å². The fraction of sp³-hybridized carbons (Fsp3) is 0.680. The Kier molecular flexibility index (Phi) is 8.20. The fourth-order valence-corrected chi connectivity index (χ4v) is 5.35. The molecule has 0 bridgehead atoms. The standard InChI is InChI=1S/C25H32F6O2/c1-4-5-16-6-11-22(32-14-16)18-9-7-17(8-10-18)19-12-20(15(2)3)23(21(26)13-19)24(27,28)33-25(29,30)31/h12-13,16-18,22H,2,4-11,14H2,1,3H3. The zero-order chi connectivity index (χ0) is 24.4. The molecule has 0 N–H and O–H groups in total. The maximum Gasteiger partial charge on any atom is 0.527 e. The van der Waals surface area contributed by atoms with E-state index >= 15 is 0 Å². The Bertz CT molecular complexity index is 819. The molecule has 0 aromatic heterocycles. The third kappa shape index (κ3) is 6.53. The Labute approximate surface area is 191 Å². The van der Waals surface area contributed by atoms with E-state index in [0.29, 0.717) is 17.4 Å². The lowest BCUT2D eigenvalue weighted by Gasteiger charge is -2.38. The van der Waals surface area contributed by atoms with Gasteiger partial charge < -0.3 is 4.74 Å². The highest BCUT2D eigenvalue weighted by molar-refractivity contribution is 5.66. The van der Waals surface area contributed by atoms with E-state index in [1.165, 1.54) is 25.8 Å². The molecule has 1 saturated heterocycles. The van der Waals surface area contributed by atoms with Gasteiger partial charge in [0.05, 0.1) is 11.7 Å². The van der Waals surface area contributed by atoms with Gasteiger partial charge in [0.1, 0.15) is 5.82 Å². The molecular formula is C25H32F6O2. The van der Waals surface area contributed by atoms with Gasteiger partial charge in [-0.05, 0) is 86.8 Å². The van der Waals surface area contributed by atoms with Crippen molar-refractivity contribution in [3.8, 4) is 0 Å². The molecule has 2 nitrogen and oxygen atoms in total. The van der Waals surface area contributed by atoms with Gasteiger partial charge in [0, 0.05) is 6.61 Å². The van der Waals surface area contributed by atoms with Crippen molar-refractivity contribution >= 4 is 5.57 Å². The second kappa shape index (κ2) is 10.4. The van der Waals surface area contributed by atoms with Crippen LogP contribution in [0.1, 0.15) is 87.8 Å². The SMILES string of the molecule is C=C(C)c1cc(C2CCC(C3CCC(CCC)CO3)CC2)cc(F)c1C(F)(F)OC(F)(F)F. The maximum atomic E-state index is 14.8. The number of halogens is 6. The lowest BCUT2D eigenvalue weighted by Crippen LogP contribution is -2.34. The molecule has 0 spiro atoms. The van der Waals surface area contributed by atoms with Crippen LogP contribution in [0.25, 0.3) is 5.57 Å². The molecule has 1 aromatic carbocycles. The Morgan fingerprint density at radius 2 is 1.73 bits per heavy atom. The van der Waals surface area contributed by atoms with Crippen molar-refractivity contribution in [1.82, 2.24) is 0 Å². The molecule has 3 rings (SSSR count). The van der Waals surface area contributed by atoms with Crippen LogP contribution in [-0.4, -0.2) is 19.1 Å². The molecule has 0 amide bonds. The van der Waals surface area contributed by atoms with Crippen molar-refractivity contribution in [3.05, 3.63) is 41.2 Å². The first-order valence-electron chi connectivity index (χ1n) is 11.7. The number of allylic oxidation sites excluding steroid dienone is 1. The predicted molar refractivity (Wildman–Crippen MR) is 114 cm³/mol. The van der Waals surface area contributed by atoms with Crippen LogP contribution in [0.5, 0.6) is 0 Å². The summed E-state index contributed by atoms with van der Waals surface area (Å²) >= 11 is 0. The quantitative estimate of drug-likeness (QED) is 0.367. The van der Waals surface area contributed by atoms with Gasteiger partial charge in [-0.3, -0.25) is 0 Å². The fourth-order valence-electron chi connectivity index (χ4n) is 5.35. The van der Waals surface area contributed by atoms with E-state index in [4.69, 9.17) is 4.74 Å². The molecule has 2 fully saturated rings. The summed E-state index contributed by atoms with van der Waals surface area (Å²) in [6, 6.07) is 2.26. The first-order valence-corrected chi connectivity index (χ1v) is 11.7. The van der Waals surface area contributed by atoms with Crippen molar-refractivity contribution < 1.29 is 35.8 Å². The molecule has 8 heteroatoms. The van der Waals surface area contributed by atoms with Crippen molar-refractivity contribution in [2.45, 2.75) is 89.7 Å². The predicted octanol–water partition coefficient (Wildman–Crippen LogP) is 8.31. The van der Waals surface area contributed by atoms with E-state index in [-0.39, 0.29) is 23.2 Å². The van der Waals surface area contributed by atoms with Crippen LogP contribution in [-0.2, 0) is 15.6 Å². The summed E-state index contributed by atoms with van der Waals surface area (Å²) in [7, 11) is 0. The average molecular weight is 479 g/mol. The normalized spacial score (nSPS) is 26.9. The van der Waals surface area contributed by atoms with Crippen LogP contribution in [0.15, 0.2) is 18.7 Å². The van der Waals surface area contributed by atoms with E-state index in [2.05, 4.69) is 18.2 Å². The molecule has 1 aliphatic heterocycles. The van der Waals surface area contributed by atoms with Gasteiger partial charge in [-0.2, -0.15) is 8.78 Å². The molecule has 1 saturated carbocycles. The zero-order valence-electron chi connectivity index (χ0n) is 19.1. The zero-order valence-corrected chi connectivity index (χ0v) is 19.1. The van der Waals surface area contributed by atoms with Crippen LogP contribution in [0, 0.1) is 17.7 Å². The summed E-state index contributed by atoms with van der Waals surface area (Å²) in [5.41, 5.74) is -1.23. The minimum atomic E-state index is -5.61. The number of hydrogen-bond acceptors (Lipinski definition) is 2. The largest absolute Gasteiger partial charge is 0.527 e. The highest BCUT2D eigenvalue weighted by Crippen LogP contribution is 2.45. The Hall–Kier alpha value is -1.54. The summed E-state index contributed by atoms with van der Waals surface area (Å²) in [4.78, 5) is 0. The van der Waals surface area contributed by atoms with Crippen molar-refractivity contribution in [1.29, 1.82) is 0 Å². The van der Waals surface area contributed by atoms with Gasteiger partial charge in [0.25, 0.3) is 0 Å². The summed E-state index contributed by atoms with van der Waals surface area (Å²) in [6.07, 6.45) is -2.46. The number of alkyl halides is 5. The highest BCUT2D eigenvalue weighted by Gasteiger charge is 2.49. The lowest BCUT2D eigenvalue weighted by molar-refractivity contribution is -0.432. The van der Waals surface area contributed by atoms with Gasteiger partial charge in [-0.1, -0.05) is 31.6 Å². The molecule has 2 atom stereocenters. The Balaban J connectivity index is 1.72. The molecule has 1 aliphatic carbocycles. The van der Waals surface area contributed by atoms with Crippen LogP contribution >= 0.6 is 0 Å². The number of benzene rings is 1. The van der Waals surface area contributed by atoms with Crippen LogP contribution in [0.4, 0.5) is 26.3 Å². The topological polar surface area (TPSA) is 18.5 Å². The first kappa shape index (κ1) is 26.1. The second-order valence-electron chi connectivity index (χ2n) is 9.49.